The molecule has 1 aromatic heterocycles. The third kappa shape index (κ3) is 4.57. The molecule has 1 aliphatic rings. The van der Waals surface area contributed by atoms with Crippen LogP contribution in [-0.4, -0.2) is 38.8 Å². The molecule has 1 aromatic carbocycles. The maximum atomic E-state index is 12.7. The van der Waals surface area contributed by atoms with Crippen molar-refractivity contribution in [1.29, 1.82) is 0 Å². The van der Waals surface area contributed by atoms with Crippen molar-refractivity contribution in [2.45, 2.75) is 44.7 Å². The third-order valence-electron chi connectivity index (χ3n) is 4.48. The molecular weight excluding hydrogens is 302 g/mol. The second-order valence-electron chi connectivity index (χ2n) is 6.29. The first kappa shape index (κ1) is 16.5. The zero-order valence-corrected chi connectivity index (χ0v) is 14.0. The molecule has 0 aliphatic carbocycles. The molecule has 0 saturated carbocycles. The summed E-state index contributed by atoms with van der Waals surface area (Å²) in [5, 5.41) is 7.36. The van der Waals surface area contributed by atoms with Gasteiger partial charge in [0.15, 0.2) is 0 Å². The molecule has 1 N–H and O–H groups in total. The quantitative estimate of drug-likeness (QED) is 0.939. The molecular formula is C18H25N5O. The number of amides is 2. The lowest BCUT2D eigenvalue weighted by Crippen LogP contribution is -2.44. The SMILES string of the molecule is O=C(NC(Cn1cncn1)c1ccccc1)N1CCCCCCC1. The van der Waals surface area contributed by atoms with Crippen LogP contribution in [0.15, 0.2) is 43.0 Å². The molecule has 6 nitrogen and oxygen atoms in total. The predicted octanol–water partition coefficient (Wildman–Crippen LogP) is 3.00. The van der Waals surface area contributed by atoms with Gasteiger partial charge in [0.2, 0.25) is 0 Å². The van der Waals surface area contributed by atoms with Crippen molar-refractivity contribution in [1.82, 2.24) is 25.0 Å². The van der Waals surface area contributed by atoms with Crippen LogP contribution in [0.5, 0.6) is 0 Å². The number of aromatic nitrogens is 3. The average Bonchev–Trinajstić information content (AvgIpc) is 3.08. The minimum atomic E-state index is -0.120. The molecule has 2 heterocycles. The number of hydrogen-bond acceptors (Lipinski definition) is 3. The van der Waals surface area contributed by atoms with E-state index >= 15 is 0 Å². The number of nitrogens with one attached hydrogen (secondary N) is 1. The van der Waals surface area contributed by atoms with E-state index in [1.165, 1.54) is 25.6 Å². The summed E-state index contributed by atoms with van der Waals surface area (Å²) < 4.78 is 1.76. The van der Waals surface area contributed by atoms with Crippen LogP contribution in [0.25, 0.3) is 0 Å². The second-order valence-corrected chi connectivity index (χ2v) is 6.29. The Kier molecular flexibility index (Phi) is 5.82. The first-order valence-corrected chi connectivity index (χ1v) is 8.76. The normalized spacial score (nSPS) is 16.9. The largest absolute Gasteiger partial charge is 0.329 e. The summed E-state index contributed by atoms with van der Waals surface area (Å²) in [5.41, 5.74) is 1.08. The summed E-state index contributed by atoms with van der Waals surface area (Å²) in [4.78, 5) is 18.7. The zero-order valence-electron chi connectivity index (χ0n) is 14.0. The Morgan fingerprint density at radius 1 is 1.08 bits per heavy atom. The van der Waals surface area contributed by atoms with Gasteiger partial charge in [0.25, 0.3) is 0 Å². The number of likely N-dealkylation sites (tertiary alicyclic amines) is 1. The van der Waals surface area contributed by atoms with Crippen molar-refractivity contribution in [2.24, 2.45) is 0 Å². The molecule has 3 rings (SSSR count). The molecule has 6 heteroatoms. The predicted molar refractivity (Wildman–Crippen MR) is 92.4 cm³/mol. The van der Waals surface area contributed by atoms with Crippen molar-refractivity contribution >= 4 is 6.03 Å². The Hall–Kier alpha value is -2.37. The molecule has 1 fully saturated rings. The van der Waals surface area contributed by atoms with Crippen LogP contribution in [0.2, 0.25) is 0 Å². The first-order chi connectivity index (χ1) is 11.8. The summed E-state index contributed by atoms with van der Waals surface area (Å²) in [5.74, 6) is 0. The first-order valence-electron chi connectivity index (χ1n) is 8.76. The van der Waals surface area contributed by atoms with Crippen molar-refractivity contribution in [3.8, 4) is 0 Å². The van der Waals surface area contributed by atoms with Gasteiger partial charge in [0.05, 0.1) is 12.6 Å². The van der Waals surface area contributed by atoms with Gasteiger partial charge >= 0.3 is 6.03 Å². The van der Waals surface area contributed by atoms with Gasteiger partial charge in [-0.05, 0) is 18.4 Å². The van der Waals surface area contributed by atoms with Crippen LogP contribution in [0.1, 0.15) is 43.7 Å². The summed E-state index contributed by atoms with van der Waals surface area (Å²) >= 11 is 0. The van der Waals surface area contributed by atoms with E-state index in [0.717, 1.165) is 31.5 Å². The van der Waals surface area contributed by atoms with Crippen molar-refractivity contribution in [2.75, 3.05) is 13.1 Å². The van der Waals surface area contributed by atoms with Crippen LogP contribution < -0.4 is 5.32 Å². The van der Waals surface area contributed by atoms with E-state index < -0.39 is 0 Å². The highest BCUT2D eigenvalue weighted by Gasteiger charge is 2.20. The molecule has 2 aromatic rings. The van der Waals surface area contributed by atoms with Crippen LogP contribution in [-0.2, 0) is 6.54 Å². The number of carbonyl (C=O) groups excluding carboxylic acids is 1. The number of hydrogen-bond donors (Lipinski definition) is 1. The fourth-order valence-corrected chi connectivity index (χ4v) is 3.12. The molecule has 128 valence electrons. The smallest absolute Gasteiger partial charge is 0.317 e. The maximum Gasteiger partial charge on any atom is 0.317 e. The van der Waals surface area contributed by atoms with Gasteiger partial charge in [-0.15, -0.1) is 0 Å². The highest BCUT2D eigenvalue weighted by Crippen LogP contribution is 2.16. The van der Waals surface area contributed by atoms with Gasteiger partial charge in [-0.25, -0.2) is 9.78 Å². The molecule has 0 radical (unpaired) electrons. The zero-order chi connectivity index (χ0) is 16.6. The molecule has 1 unspecified atom stereocenters. The third-order valence-corrected chi connectivity index (χ3v) is 4.48. The van der Waals surface area contributed by atoms with Crippen LogP contribution in [0, 0.1) is 0 Å². The Morgan fingerprint density at radius 3 is 2.46 bits per heavy atom. The van der Waals surface area contributed by atoms with E-state index in [0.29, 0.717) is 6.54 Å². The fourth-order valence-electron chi connectivity index (χ4n) is 3.12. The Labute approximate surface area is 142 Å². The summed E-state index contributed by atoms with van der Waals surface area (Å²) in [7, 11) is 0. The Morgan fingerprint density at radius 2 is 1.79 bits per heavy atom. The fraction of sp³-hybridized carbons (Fsp3) is 0.500. The van der Waals surface area contributed by atoms with Crippen molar-refractivity contribution in [3.05, 3.63) is 48.5 Å². The monoisotopic (exact) mass is 327 g/mol. The van der Waals surface area contributed by atoms with Crippen molar-refractivity contribution < 1.29 is 4.79 Å². The van der Waals surface area contributed by atoms with E-state index in [9.17, 15) is 4.79 Å². The van der Waals surface area contributed by atoms with Crippen molar-refractivity contribution in [3.63, 3.8) is 0 Å². The summed E-state index contributed by atoms with van der Waals surface area (Å²) in [6, 6.07) is 9.94. The number of benzene rings is 1. The van der Waals surface area contributed by atoms with E-state index in [1.807, 2.05) is 35.2 Å². The highest BCUT2D eigenvalue weighted by atomic mass is 16.2. The van der Waals surface area contributed by atoms with E-state index in [2.05, 4.69) is 15.4 Å². The molecule has 2 amide bonds. The molecule has 0 spiro atoms. The average molecular weight is 327 g/mol. The molecule has 0 bridgehead atoms. The van der Waals surface area contributed by atoms with E-state index in [-0.39, 0.29) is 12.1 Å². The van der Waals surface area contributed by atoms with Gasteiger partial charge in [0, 0.05) is 13.1 Å². The lowest BCUT2D eigenvalue weighted by molar-refractivity contribution is 0.186. The number of urea groups is 1. The Bertz CT molecular complexity index is 606. The van der Waals surface area contributed by atoms with E-state index in [4.69, 9.17) is 0 Å². The Balaban J connectivity index is 1.69. The topological polar surface area (TPSA) is 63.1 Å². The number of rotatable bonds is 4. The minimum Gasteiger partial charge on any atom is -0.329 e. The van der Waals surface area contributed by atoms with Gasteiger partial charge in [-0.1, -0.05) is 49.6 Å². The van der Waals surface area contributed by atoms with Gasteiger partial charge in [0.1, 0.15) is 12.7 Å². The summed E-state index contributed by atoms with van der Waals surface area (Å²) in [6.07, 6.45) is 9.09. The molecule has 24 heavy (non-hydrogen) atoms. The van der Waals surface area contributed by atoms with E-state index in [1.54, 1.807) is 11.0 Å². The van der Waals surface area contributed by atoms with Crippen LogP contribution in [0.3, 0.4) is 0 Å². The van der Waals surface area contributed by atoms with Gasteiger partial charge < -0.3 is 10.2 Å². The molecule has 1 atom stereocenters. The van der Waals surface area contributed by atoms with Gasteiger partial charge in [-0.3, -0.25) is 4.68 Å². The number of nitrogens with zero attached hydrogens (tertiary/aromatic N) is 4. The lowest BCUT2D eigenvalue weighted by Gasteiger charge is -2.28. The number of carbonyl (C=O) groups is 1. The minimum absolute atomic E-state index is 0.0193. The standard InChI is InChI=1S/C18H25N5O/c24-18(22-11-7-2-1-3-8-12-22)21-17(13-23-15-19-14-20-23)16-9-5-4-6-10-16/h4-6,9-10,14-15,17H,1-3,7-8,11-13H2,(H,21,24). The highest BCUT2D eigenvalue weighted by molar-refractivity contribution is 5.74. The maximum absolute atomic E-state index is 12.7. The molecule has 1 aliphatic heterocycles. The molecule has 1 saturated heterocycles. The lowest BCUT2D eigenvalue weighted by atomic mass is 10.1. The second kappa shape index (κ2) is 8.47. The van der Waals surface area contributed by atoms with Crippen LogP contribution >= 0.6 is 0 Å². The van der Waals surface area contributed by atoms with Crippen LogP contribution in [0.4, 0.5) is 4.79 Å². The summed E-state index contributed by atoms with van der Waals surface area (Å²) in [6.45, 7) is 2.26. The van der Waals surface area contributed by atoms with Gasteiger partial charge in [-0.2, -0.15) is 5.10 Å².